The molecule has 0 aliphatic carbocycles. The highest BCUT2D eigenvalue weighted by Gasteiger charge is 2.23. The number of nitrogens with zero attached hydrogens (tertiary/aromatic N) is 11. The van der Waals surface area contributed by atoms with Gasteiger partial charge in [-0.2, -0.15) is 20.7 Å². The highest BCUT2D eigenvalue weighted by Crippen LogP contribution is 2.33. The molecule has 7 aromatic heterocycles. The van der Waals surface area contributed by atoms with Crippen molar-refractivity contribution in [3.05, 3.63) is 273 Å². The van der Waals surface area contributed by atoms with Crippen molar-refractivity contribution in [1.29, 1.82) is 10.5 Å². The summed E-state index contributed by atoms with van der Waals surface area (Å²) in [6, 6.07) is 49.5. The van der Waals surface area contributed by atoms with Gasteiger partial charge in [0.05, 0.1) is 65.8 Å². The van der Waals surface area contributed by atoms with E-state index in [0.717, 1.165) is 90.8 Å². The molecular formula is C78H69Cl4F4N15O6. The van der Waals surface area contributed by atoms with Gasteiger partial charge in [0.1, 0.15) is 49.7 Å². The maximum Gasteiger partial charge on any atom is 0.338 e. The Kier molecular flexibility index (Phi) is 35.8. The highest BCUT2D eigenvalue weighted by atomic mass is 35.5. The Morgan fingerprint density at radius 1 is 0.570 bits per heavy atom. The van der Waals surface area contributed by atoms with Gasteiger partial charge in [-0.3, -0.25) is 24.6 Å². The smallest absolute Gasteiger partial charge is 0.338 e. The molecule has 0 bridgehead atoms. The number of carbonyl (C=O) groups excluding carboxylic acids is 2. The Morgan fingerprint density at radius 2 is 1.00 bits per heavy atom. The molecular weight excluding hydrogens is 1460 g/mol. The van der Waals surface area contributed by atoms with E-state index in [0.29, 0.717) is 44.7 Å². The lowest BCUT2D eigenvalue weighted by atomic mass is 9.98. The number of anilines is 1. The summed E-state index contributed by atoms with van der Waals surface area (Å²) in [6.07, 6.45) is 16.6. The number of Topliss-reactive ketones (excluding diaryl/α,β-unsaturated/α-hetero) is 1. The van der Waals surface area contributed by atoms with Crippen molar-refractivity contribution in [3.63, 3.8) is 0 Å². The molecule has 0 radical (unpaired) electrons. The number of ketones is 1. The van der Waals surface area contributed by atoms with Crippen LogP contribution >= 0.6 is 46.4 Å². The number of H-pyrrole nitrogens is 2. The van der Waals surface area contributed by atoms with Gasteiger partial charge in [-0.05, 0) is 178 Å². The summed E-state index contributed by atoms with van der Waals surface area (Å²) in [5, 5.41) is 45.4. The third-order valence-electron chi connectivity index (χ3n) is 14.9. The Labute approximate surface area is 635 Å². The lowest BCUT2D eigenvalue weighted by Crippen LogP contribution is -2.34. The van der Waals surface area contributed by atoms with Crippen LogP contribution in [0, 0.1) is 82.0 Å². The predicted molar refractivity (Wildman–Crippen MR) is 403 cm³/mol. The molecule has 0 atom stereocenters. The van der Waals surface area contributed by atoms with Crippen molar-refractivity contribution in [1.82, 2.24) is 61.2 Å². The van der Waals surface area contributed by atoms with Gasteiger partial charge < -0.3 is 20.2 Å². The maximum absolute atomic E-state index is 13.5. The first-order valence-corrected chi connectivity index (χ1v) is 33.8. The number of terminal acetylenes is 1. The van der Waals surface area contributed by atoms with Crippen LogP contribution in [0.4, 0.5) is 23.4 Å². The number of benzene rings is 4. The fourth-order valence-corrected chi connectivity index (χ4v) is 10.2. The average molecular weight is 1530 g/mol. The zero-order chi connectivity index (χ0) is 77.5. The van der Waals surface area contributed by atoms with Gasteiger partial charge in [0.15, 0.2) is 0 Å². The van der Waals surface area contributed by atoms with Crippen molar-refractivity contribution in [3.8, 4) is 81.4 Å². The van der Waals surface area contributed by atoms with E-state index in [1.54, 1.807) is 87.2 Å². The van der Waals surface area contributed by atoms with Crippen LogP contribution in [-0.2, 0) is 9.68 Å². The molecule has 9 heterocycles. The van der Waals surface area contributed by atoms with E-state index in [1.165, 1.54) is 106 Å². The maximum atomic E-state index is 13.5. The summed E-state index contributed by atoms with van der Waals surface area (Å²) < 4.78 is 51.8. The zero-order valence-electron chi connectivity index (χ0n) is 57.9. The fraction of sp³-hybridized carbons (Fsp3) is 0.179. The van der Waals surface area contributed by atoms with E-state index in [-0.39, 0.29) is 55.9 Å². The number of amides is 1. The number of carbonyl (C=O) groups is 3. The summed E-state index contributed by atoms with van der Waals surface area (Å²) in [5.74, 6) is 5.59. The largest absolute Gasteiger partial charge is 0.478 e. The number of aromatic carboxylic acids is 1. The van der Waals surface area contributed by atoms with Crippen LogP contribution in [0.3, 0.4) is 0 Å². The van der Waals surface area contributed by atoms with Crippen LogP contribution in [0.25, 0.3) is 45.0 Å². The molecule has 11 aromatic rings. The molecule has 13 rings (SSSR count). The molecule has 0 spiro atoms. The van der Waals surface area contributed by atoms with E-state index in [9.17, 15) is 31.9 Å². The van der Waals surface area contributed by atoms with Crippen LogP contribution in [0.5, 0.6) is 0 Å². The Hall–Kier alpha value is -11.7. The molecule has 2 fully saturated rings. The van der Waals surface area contributed by atoms with E-state index in [4.69, 9.17) is 73.3 Å². The normalized spacial score (nSPS) is 11.8. The van der Waals surface area contributed by atoms with Crippen LogP contribution in [-0.4, -0.2) is 128 Å². The van der Waals surface area contributed by atoms with E-state index in [2.05, 4.69) is 95.7 Å². The molecule has 1 amide bonds. The number of carboxylic acids is 1. The van der Waals surface area contributed by atoms with Gasteiger partial charge in [0.25, 0.3) is 5.91 Å². The zero-order valence-corrected chi connectivity index (χ0v) is 60.9. The number of halogens is 8. The first kappa shape index (κ1) is 84.2. The molecule has 2 saturated heterocycles. The second kappa shape index (κ2) is 45.5. The minimum atomic E-state index is -1.06. The number of hydrogen-bond donors (Lipinski definition) is 5. The third kappa shape index (κ3) is 28.0. The molecule has 548 valence electrons. The molecule has 107 heavy (non-hydrogen) atoms. The van der Waals surface area contributed by atoms with Crippen LogP contribution in [0.15, 0.2) is 201 Å². The monoisotopic (exact) mass is 1530 g/mol. The predicted octanol–water partition coefficient (Wildman–Crippen LogP) is 15.9. The lowest BCUT2D eigenvalue weighted by molar-refractivity contribution is -0.0757. The summed E-state index contributed by atoms with van der Waals surface area (Å²) in [5.41, 5.74) is 10.1. The topological polar surface area (TPSA) is 290 Å². The second-order valence-corrected chi connectivity index (χ2v) is 23.5. The highest BCUT2D eigenvalue weighted by molar-refractivity contribution is 6.34. The quantitative estimate of drug-likeness (QED) is 0.0279. The first-order valence-electron chi connectivity index (χ1n) is 32.3. The van der Waals surface area contributed by atoms with Gasteiger partial charge in [0, 0.05) is 103 Å². The molecule has 2 aliphatic heterocycles. The molecule has 2 aliphatic rings. The van der Waals surface area contributed by atoms with Gasteiger partial charge in [-0.15, -0.1) is 6.42 Å². The molecule has 5 N–H and O–H groups in total. The average Bonchev–Trinajstić information content (AvgIpc) is 1.74. The summed E-state index contributed by atoms with van der Waals surface area (Å²) >= 11 is 22.9. The Bertz CT molecular complexity index is 4890. The summed E-state index contributed by atoms with van der Waals surface area (Å²) in [7, 11) is 6.19. The van der Waals surface area contributed by atoms with Gasteiger partial charge in [0.2, 0.25) is 5.78 Å². The van der Waals surface area contributed by atoms with E-state index in [1.807, 2.05) is 36.4 Å². The number of piperidine rings is 2. The number of pyridine rings is 5. The SMILES string of the molecule is C#Cc1cccc(F)c1.CNOC.CON(C)C(=O)c1cccnc1Cl.Fc1cccc(-c2cc(-c3cccnc3Cl)[nH]n2)c1.N#CC1CCN(c2ncccc2-c2cc(-c3cccc(F)c3)n[nH]2)CC1.N#CC1CCNCC1.O=C(C#Cc1cccc(F)c1)c1cccnc1Cl.O=C(O)c1cccnc1Cl. The Morgan fingerprint density at radius 3 is 1.43 bits per heavy atom. The van der Waals surface area contributed by atoms with Crippen molar-refractivity contribution in [2.24, 2.45) is 11.8 Å². The molecule has 0 unspecified atom stereocenters. The molecule has 4 aromatic carbocycles. The first-order chi connectivity index (χ1) is 51.7. The summed E-state index contributed by atoms with van der Waals surface area (Å²) in [6.45, 7) is 3.68. The van der Waals surface area contributed by atoms with Crippen LogP contribution in [0.1, 0.15) is 67.9 Å². The molecule has 29 heteroatoms. The number of nitrogens with one attached hydrogen (secondary N) is 4. The van der Waals surface area contributed by atoms with Crippen LogP contribution in [0.2, 0.25) is 20.6 Å². The van der Waals surface area contributed by atoms with Gasteiger partial charge in [-0.25, -0.2) is 57.8 Å². The number of carboxylic acid groups (broad SMARTS) is 1. The third-order valence-corrected chi connectivity index (χ3v) is 16.1. The number of hydrogen-bond acceptors (Lipinski definition) is 17. The number of aromatic nitrogens is 9. The van der Waals surface area contributed by atoms with Gasteiger partial charge >= 0.3 is 5.97 Å². The number of hydroxylamine groups is 3. The van der Waals surface area contributed by atoms with Crippen molar-refractivity contribution in [2.45, 2.75) is 25.7 Å². The standard InChI is InChI=1S/C20H18FN5.C14H9ClFN3.C14H7ClFNO.C8H9ClN2O2.C8H5F.C6H4ClNO2.C6H10N2.C2H7NO/c21-16-4-1-3-15(11-16)18-12-19(25-24-18)17-5-2-8-23-20(17)26-9-6-14(13-22)7-10-26;15-14-11(5-2-6-17-14)13-8-12(18-19-13)9-3-1-4-10(16)7-9;15-14-12(5-2-8-17-14)13(18)7-6-10-3-1-4-11(16)9-10;1-11(13-2)8(12)6-4-3-5-10-7(6)9;1-2-7-4-3-5-8(9)6-7;7-5-4(6(9)10)2-1-3-8-5;7-5-6-1-3-8-4-2-6;1-3-4-2/h1-5,8,11-12,14H,6-7,9-10H2,(H,24,25);1-8H,(H,18,19);1-5,8-9H;3-5H,1-2H3;1,3-6H;1-3H,(H,9,10);6,8H,1-4H2;3H,1-2H3. The van der Waals surface area contributed by atoms with Gasteiger partial charge in [-0.1, -0.05) is 94.6 Å². The Balaban J connectivity index is 0.000000201. The van der Waals surface area contributed by atoms with Crippen molar-refractivity contribution < 1.29 is 46.7 Å². The van der Waals surface area contributed by atoms with E-state index >= 15 is 0 Å². The van der Waals surface area contributed by atoms with Crippen molar-refractivity contribution in [2.75, 3.05) is 59.4 Å². The fourth-order valence-electron chi connectivity index (χ4n) is 9.37. The summed E-state index contributed by atoms with van der Waals surface area (Å²) in [4.78, 5) is 64.4. The van der Waals surface area contributed by atoms with E-state index < -0.39 is 17.6 Å². The molecule has 21 nitrogen and oxygen atoms in total. The minimum Gasteiger partial charge on any atom is -0.478 e. The number of aromatic amines is 2. The lowest BCUT2D eigenvalue weighted by Gasteiger charge is -2.31. The molecule has 0 saturated carbocycles. The number of nitriles is 2. The van der Waals surface area contributed by atoms with Crippen molar-refractivity contribution >= 4 is 69.9 Å². The minimum absolute atomic E-state index is 0.0231. The second-order valence-electron chi connectivity index (χ2n) is 22.1. The van der Waals surface area contributed by atoms with Crippen LogP contribution < -0.4 is 15.7 Å². The number of rotatable bonds is 10.